The van der Waals surface area contributed by atoms with E-state index in [-0.39, 0.29) is 29.7 Å². The number of hydrogen-bond acceptors (Lipinski definition) is 4. The quantitative estimate of drug-likeness (QED) is 0.493. The van der Waals surface area contributed by atoms with Gasteiger partial charge in [0.1, 0.15) is 17.7 Å². The van der Waals surface area contributed by atoms with Crippen LogP contribution in [0.25, 0.3) is 0 Å². The Morgan fingerprint density at radius 1 is 0.972 bits per heavy atom. The maximum absolute atomic E-state index is 13.8. The van der Waals surface area contributed by atoms with Crippen molar-refractivity contribution in [2.24, 2.45) is 0 Å². The highest BCUT2D eigenvalue weighted by Crippen LogP contribution is 2.45. The first-order valence-electron chi connectivity index (χ1n) is 12.8. The van der Waals surface area contributed by atoms with E-state index in [0.29, 0.717) is 17.9 Å². The van der Waals surface area contributed by atoms with Crippen molar-refractivity contribution in [3.63, 3.8) is 0 Å². The lowest BCUT2D eigenvalue weighted by molar-refractivity contribution is -0.120. The summed E-state index contributed by atoms with van der Waals surface area (Å²) in [6, 6.07) is 17.1. The van der Waals surface area contributed by atoms with Crippen molar-refractivity contribution in [1.82, 2.24) is 4.98 Å². The van der Waals surface area contributed by atoms with E-state index in [2.05, 4.69) is 4.90 Å². The molecule has 1 fully saturated rings. The second kappa shape index (κ2) is 8.73. The largest absolute Gasteiger partial charge is 0.340 e. The fourth-order valence-electron chi connectivity index (χ4n) is 6.14. The Bertz CT molecular complexity index is 1340. The zero-order valence-electron chi connectivity index (χ0n) is 20.5. The Hall–Kier alpha value is -3.74. The third-order valence-corrected chi connectivity index (χ3v) is 7.85. The van der Waals surface area contributed by atoms with Crippen LogP contribution in [0.4, 0.5) is 21.7 Å². The predicted molar refractivity (Wildman–Crippen MR) is 138 cm³/mol. The molecule has 3 aromatic rings. The Kier molecular flexibility index (Phi) is 5.51. The molecule has 1 aromatic heterocycles. The maximum atomic E-state index is 13.8. The van der Waals surface area contributed by atoms with Gasteiger partial charge in [0.05, 0.1) is 11.7 Å². The van der Waals surface area contributed by atoms with Crippen LogP contribution in [0.15, 0.2) is 60.7 Å². The first-order valence-corrected chi connectivity index (χ1v) is 12.8. The number of carbonyl (C=O) groups is 2. The summed E-state index contributed by atoms with van der Waals surface area (Å²) in [4.78, 5) is 37.8. The second-order valence-corrected chi connectivity index (χ2v) is 9.83. The van der Waals surface area contributed by atoms with Gasteiger partial charge in [0.2, 0.25) is 5.91 Å². The molecular formula is C29H29FN4O2. The number of benzene rings is 2. The SMILES string of the molecule is CCN1C(=O)C(C)N(C2CCCC2)c2nc(N3C(=O)c4ccccc4C3c3ccc(F)cc3)ccc21. The predicted octanol–water partition coefficient (Wildman–Crippen LogP) is 5.47. The van der Waals surface area contributed by atoms with E-state index in [9.17, 15) is 14.0 Å². The fourth-order valence-corrected chi connectivity index (χ4v) is 6.14. The summed E-state index contributed by atoms with van der Waals surface area (Å²) in [7, 11) is 0. The summed E-state index contributed by atoms with van der Waals surface area (Å²) in [6.07, 6.45) is 4.34. The van der Waals surface area contributed by atoms with Crippen molar-refractivity contribution in [2.45, 2.75) is 57.7 Å². The molecule has 3 heterocycles. The smallest absolute Gasteiger partial charge is 0.260 e. The normalized spacial score (nSPS) is 21.8. The molecule has 36 heavy (non-hydrogen) atoms. The summed E-state index contributed by atoms with van der Waals surface area (Å²) in [6.45, 7) is 4.49. The van der Waals surface area contributed by atoms with Gasteiger partial charge in [-0.15, -0.1) is 0 Å². The molecule has 6 nitrogen and oxygen atoms in total. The molecule has 184 valence electrons. The number of rotatable bonds is 4. The highest BCUT2D eigenvalue weighted by molar-refractivity contribution is 6.12. The Morgan fingerprint density at radius 3 is 2.42 bits per heavy atom. The average molecular weight is 485 g/mol. The number of hydrogen-bond donors (Lipinski definition) is 0. The van der Waals surface area contributed by atoms with E-state index < -0.39 is 6.04 Å². The third-order valence-electron chi connectivity index (χ3n) is 7.85. The minimum atomic E-state index is -0.412. The third kappa shape index (κ3) is 3.40. The van der Waals surface area contributed by atoms with Gasteiger partial charge in [0, 0.05) is 18.2 Å². The molecule has 2 atom stereocenters. The van der Waals surface area contributed by atoms with Crippen molar-refractivity contribution < 1.29 is 14.0 Å². The molecule has 1 aliphatic carbocycles. The summed E-state index contributed by atoms with van der Waals surface area (Å²) in [5.74, 6) is 0.924. The Morgan fingerprint density at radius 2 is 1.69 bits per heavy atom. The van der Waals surface area contributed by atoms with E-state index in [1.165, 1.54) is 12.1 Å². The summed E-state index contributed by atoms with van der Waals surface area (Å²) < 4.78 is 13.8. The zero-order valence-corrected chi connectivity index (χ0v) is 20.5. The van der Waals surface area contributed by atoms with Gasteiger partial charge < -0.3 is 9.80 Å². The number of aromatic nitrogens is 1. The van der Waals surface area contributed by atoms with Gasteiger partial charge in [-0.3, -0.25) is 14.5 Å². The molecule has 1 saturated carbocycles. The zero-order chi connectivity index (χ0) is 25.0. The number of fused-ring (bicyclic) bond motifs is 2. The molecular weight excluding hydrogens is 455 g/mol. The molecule has 2 unspecified atom stereocenters. The lowest BCUT2D eigenvalue weighted by atomic mass is 9.98. The minimum absolute atomic E-state index is 0.0836. The van der Waals surface area contributed by atoms with Crippen molar-refractivity contribution in [1.29, 1.82) is 0 Å². The maximum Gasteiger partial charge on any atom is 0.260 e. The van der Waals surface area contributed by atoms with Crippen molar-refractivity contribution in [2.75, 3.05) is 21.2 Å². The summed E-state index contributed by atoms with van der Waals surface area (Å²) in [5.41, 5.74) is 3.11. The average Bonchev–Trinajstić information content (AvgIpc) is 3.52. The highest BCUT2D eigenvalue weighted by Gasteiger charge is 2.43. The standard InChI is InChI=1S/C29H29FN4O2/c1-3-32-24-16-17-25(31-27(24)33(18(2)28(32)35)21-8-4-5-9-21)34-26(19-12-14-20(30)15-13-19)22-10-6-7-11-23(22)29(34)36/h6-7,10-18,21,26H,3-5,8-9H2,1-2H3. The summed E-state index contributed by atoms with van der Waals surface area (Å²) >= 11 is 0. The monoisotopic (exact) mass is 484 g/mol. The van der Waals surface area contributed by atoms with Gasteiger partial charge in [-0.25, -0.2) is 9.37 Å². The number of nitrogens with zero attached hydrogens (tertiary/aromatic N) is 4. The summed E-state index contributed by atoms with van der Waals surface area (Å²) in [5, 5.41) is 0. The molecule has 2 amide bonds. The second-order valence-electron chi connectivity index (χ2n) is 9.83. The lowest BCUT2D eigenvalue weighted by Crippen LogP contribution is -2.55. The number of anilines is 3. The van der Waals surface area contributed by atoms with Gasteiger partial charge in [-0.05, 0) is 68.1 Å². The molecule has 0 radical (unpaired) electrons. The molecule has 3 aliphatic rings. The number of carbonyl (C=O) groups excluding carboxylic acids is 2. The van der Waals surface area contributed by atoms with E-state index >= 15 is 0 Å². The van der Waals surface area contributed by atoms with E-state index in [0.717, 1.165) is 48.3 Å². The van der Waals surface area contributed by atoms with Gasteiger partial charge in [0.25, 0.3) is 5.91 Å². The van der Waals surface area contributed by atoms with E-state index in [1.54, 1.807) is 21.9 Å². The van der Waals surface area contributed by atoms with Crippen molar-refractivity contribution >= 4 is 29.1 Å². The molecule has 0 spiro atoms. The van der Waals surface area contributed by atoms with E-state index in [1.807, 2.05) is 50.2 Å². The van der Waals surface area contributed by atoms with Crippen LogP contribution in [-0.4, -0.2) is 35.4 Å². The van der Waals surface area contributed by atoms with Gasteiger partial charge in [-0.2, -0.15) is 0 Å². The number of amides is 2. The molecule has 0 N–H and O–H groups in total. The van der Waals surface area contributed by atoms with Gasteiger partial charge >= 0.3 is 0 Å². The van der Waals surface area contributed by atoms with Crippen LogP contribution in [0, 0.1) is 5.82 Å². The fraction of sp³-hybridized carbons (Fsp3) is 0.345. The van der Waals surface area contributed by atoms with Crippen LogP contribution in [0.5, 0.6) is 0 Å². The van der Waals surface area contributed by atoms with Gasteiger partial charge in [0.15, 0.2) is 5.82 Å². The molecule has 2 aromatic carbocycles. The minimum Gasteiger partial charge on any atom is -0.340 e. The lowest BCUT2D eigenvalue weighted by Gasteiger charge is -2.44. The van der Waals surface area contributed by atoms with E-state index in [4.69, 9.17) is 4.98 Å². The van der Waals surface area contributed by atoms with Crippen molar-refractivity contribution in [3.8, 4) is 0 Å². The topological polar surface area (TPSA) is 56.8 Å². The van der Waals surface area contributed by atoms with Crippen LogP contribution in [0.3, 0.4) is 0 Å². The Balaban J connectivity index is 1.50. The number of likely N-dealkylation sites (N-methyl/N-ethyl adjacent to an activating group) is 1. The molecule has 0 bridgehead atoms. The Labute approximate surface area is 210 Å². The van der Waals surface area contributed by atoms with Crippen LogP contribution in [-0.2, 0) is 4.79 Å². The molecule has 6 rings (SSSR count). The van der Waals surface area contributed by atoms with Crippen LogP contribution in [0.2, 0.25) is 0 Å². The molecule has 2 aliphatic heterocycles. The first-order chi connectivity index (χ1) is 17.5. The first kappa shape index (κ1) is 22.7. The molecule has 7 heteroatoms. The number of pyridine rings is 1. The van der Waals surface area contributed by atoms with Crippen LogP contribution >= 0.6 is 0 Å². The van der Waals surface area contributed by atoms with Crippen LogP contribution in [0.1, 0.15) is 67.1 Å². The van der Waals surface area contributed by atoms with Crippen LogP contribution < -0.4 is 14.7 Å². The number of halogens is 1. The van der Waals surface area contributed by atoms with Gasteiger partial charge in [-0.1, -0.05) is 43.2 Å². The van der Waals surface area contributed by atoms with Crippen molar-refractivity contribution in [3.05, 3.63) is 83.2 Å². The highest BCUT2D eigenvalue weighted by atomic mass is 19.1. The molecule has 0 saturated heterocycles.